The van der Waals surface area contributed by atoms with Crippen LogP contribution in [0.4, 0.5) is 0 Å². The van der Waals surface area contributed by atoms with Gasteiger partial charge in [-0.15, -0.1) is 0 Å². The molecule has 108 valence electrons. The quantitative estimate of drug-likeness (QED) is 0.385. The maximum absolute atomic E-state index is 9.00. The van der Waals surface area contributed by atoms with Crippen molar-refractivity contribution in [3.8, 4) is 0 Å². The van der Waals surface area contributed by atoms with E-state index in [0.717, 1.165) is 6.92 Å². The number of ether oxygens (including phenoxy) is 2. The number of carboxylic acid groups (broad SMARTS) is 1. The van der Waals surface area contributed by atoms with Crippen LogP contribution in [0.5, 0.6) is 0 Å². The highest BCUT2D eigenvalue weighted by molar-refractivity contribution is 5.84. The monoisotopic (exact) mass is 262 g/mol. The second-order valence-corrected chi connectivity index (χ2v) is 4.37. The first kappa shape index (κ1) is 19.2. The lowest BCUT2D eigenvalue weighted by Crippen LogP contribution is -2.50. The smallest absolute Gasteiger partial charge is 0.300 e. The Bertz CT molecular complexity index is 251. The third-order valence-corrected chi connectivity index (χ3v) is 1.73. The molecule has 18 heavy (non-hydrogen) atoms. The van der Waals surface area contributed by atoms with Crippen LogP contribution in [-0.4, -0.2) is 34.9 Å². The van der Waals surface area contributed by atoms with Crippen LogP contribution in [0, 0.1) is 5.41 Å². The first-order valence-electron chi connectivity index (χ1n) is 5.97. The van der Waals surface area contributed by atoms with Gasteiger partial charge in [0.25, 0.3) is 5.97 Å². The fraction of sp³-hybridized carbons (Fsp3) is 0.833. The van der Waals surface area contributed by atoms with Crippen LogP contribution in [0.15, 0.2) is 0 Å². The summed E-state index contributed by atoms with van der Waals surface area (Å²) in [6, 6.07) is 0. The Morgan fingerprint density at radius 1 is 1.28 bits per heavy atom. The maximum atomic E-state index is 9.00. The molecular weight excluding hydrogens is 236 g/mol. The molecule has 0 aliphatic rings. The van der Waals surface area contributed by atoms with E-state index < -0.39 is 11.8 Å². The summed E-state index contributed by atoms with van der Waals surface area (Å²) in [6.45, 7) is 10.6. The van der Waals surface area contributed by atoms with Crippen molar-refractivity contribution in [2.75, 3.05) is 0 Å². The molecule has 0 spiro atoms. The average molecular weight is 262 g/mol. The predicted octanol–water partition coefficient (Wildman–Crippen LogP) is 1.97. The highest BCUT2D eigenvalue weighted by Gasteiger charge is 2.36. The van der Waals surface area contributed by atoms with Gasteiger partial charge in [0.15, 0.2) is 5.84 Å². The number of hydrogen-bond acceptors (Lipinski definition) is 4. The highest BCUT2D eigenvalue weighted by Crippen LogP contribution is 2.21. The summed E-state index contributed by atoms with van der Waals surface area (Å²) in [5, 5.41) is 14.9. The third kappa shape index (κ3) is 8.95. The molecule has 0 heterocycles. The van der Waals surface area contributed by atoms with Crippen molar-refractivity contribution in [2.24, 2.45) is 5.73 Å². The van der Waals surface area contributed by atoms with Crippen LogP contribution in [-0.2, 0) is 14.3 Å². The molecule has 0 saturated carbocycles. The normalized spacial score (nSPS) is 11.1. The molecule has 0 atom stereocenters. The van der Waals surface area contributed by atoms with Crippen molar-refractivity contribution in [3.63, 3.8) is 0 Å². The number of carboxylic acids is 1. The largest absolute Gasteiger partial charge is 0.481 e. The molecule has 0 radical (unpaired) electrons. The number of nitrogens with two attached hydrogens (primary N) is 1. The van der Waals surface area contributed by atoms with E-state index in [0.29, 0.717) is 6.42 Å². The van der Waals surface area contributed by atoms with Crippen LogP contribution >= 0.6 is 0 Å². The van der Waals surface area contributed by atoms with Crippen molar-refractivity contribution in [3.05, 3.63) is 0 Å². The summed E-state index contributed by atoms with van der Waals surface area (Å²) in [5.74, 6) is -1.95. The van der Waals surface area contributed by atoms with Gasteiger partial charge in [-0.05, 0) is 27.7 Å². The van der Waals surface area contributed by atoms with Crippen LogP contribution in [0.2, 0.25) is 0 Å². The number of rotatable bonds is 6. The number of amidine groups is 1. The maximum Gasteiger partial charge on any atom is 0.300 e. The molecular formula is C12H26N2O4. The van der Waals surface area contributed by atoms with E-state index in [-0.39, 0.29) is 18.0 Å². The zero-order valence-electron chi connectivity index (χ0n) is 12.1. The molecule has 0 bridgehead atoms. The molecule has 0 aromatic carbocycles. The number of hydrogen-bond donors (Lipinski definition) is 3. The lowest BCUT2D eigenvalue weighted by molar-refractivity contribution is -0.226. The van der Waals surface area contributed by atoms with Gasteiger partial charge < -0.3 is 20.3 Å². The first-order valence-corrected chi connectivity index (χ1v) is 5.97. The highest BCUT2D eigenvalue weighted by atomic mass is 16.7. The lowest BCUT2D eigenvalue weighted by atomic mass is 10.1. The molecule has 0 amide bonds. The van der Waals surface area contributed by atoms with Crippen LogP contribution in [0.25, 0.3) is 0 Å². The minimum Gasteiger partial charge on any atom is -0.481 e. The van der Waals surface area contributed by atoms with Crippen LogP contribution in [0.3, 0.4) is 0 Å². The summed E-state index contributed by atoms with van der Waals surface area (Å²) >= 11 is 0. The number of nitrogens with one attached hydrogen (secondary N) is 1. The van der Waals surface area contributed by atoms with Crippen molar-refractivity contribution in [1.29, 1.82) is 5.41 Å². The fourth-order valence-electron chi connectivity index (χ4n) is 1.27. The summed E-state index contributed by atoms with van der Waals surface area (Å²) in [7, 11) is 0. The first-order chi connectivity index (χ1) is 8.07. The summed E-state index contributed by atoms with van der Waals surface area (Å²) < 4.78 is 11.2. The van der Waals surface area contributed by atoms with Crippen LogP contribution < -0.4 is 5.73 Å². The second-order valence-electron chi connectivity index (χ2n) is 4.37. The summed E-state index contributed by atoms with van der Waals surface area (Å²) in [4.78, 5) is 9.00. The van der Waals surface area contributed by atoms with Crippen molar-refractivity contribution < 1.29 is 19.4 Å². The number of aliphatic carboxylic acids is 1. The van der Waals surface area contributed by atoms with Crippen LogP contribution in [0.1, 0.15) is 48.0 Å². The predicted molar refractivity (Wildman–Crippen MR) is 70.7 cm³/mol. The van der Waals surface area contributed by atoms with E-state index in [4.69, 9.17) is 30.5 Å². The van der Waals surface area contributed by atoms with Gasteiger partial charge in [0, 0.05) is 13.3 Å². The van der Waals surface area contributed by atoms with Gasteiger partial charge in [0.1, 0.15) is 0 Å². The van der Waals surface area contributed by atoms with E-state index in [1.165, 1.54) is 0 Å². The summed E-state index contributed by atoms with van der Waals surface area (Å²) in [5.41, 5.74) is 5.51. The number of carbonyl (C=O) groups is 1. The molecule has 0 aromatic heterocycles. The minimum absolute atomic E-state index is 0.0161. The molecule has 0 aromatic rings. The van der Waals surface area contributed by atoms with E-state index >= 15 is 0 Å². The standard InChI is InChI=1S/C10H22N2O2.C2H4O2/c1-6-10(9(11)12,13-7(2)3)14-8(4)5;1-2(3)4/h7-8H,6H2,1-5H3,(H3,11,12);1H3,(H,3,4). The topological polar surface area (TPSA) is 106 Å². The Kier molecular flexibility index (Phi) is 9.47. The molecule has 0 fully saturated rings. The van der Waals surface area contributed by atoms with Gasteiger partial charge in [-0.1, -0.05) is 6.92 Å². The molecule has 0 aliphatic heterocycles. The van der Waals surface area contributed by atoms with E-state index in [1.54, 1.807) is 0 Å². The minimum atomic E-state index is -1.05. The Labute approximate surface area is 109 Å². The Morgan fingerprint density at radius 3 is 1.67 bits per heavy atom. The van der Waals surface area contributed by atoms with E-state index in [2.05, 4.69) is 0 Å². The lowest BCUT2D eigenvalue weighted by Gasteiger charge is -2.34. The Balaban J connectivity index is 0. The van der Waals surface area contributed by atoms with Crippen molar-refractivity contribution in [2.45, 2.75) is 66.0 Å². The van der Waals surface area contributed by atoms with E-state index in [1.807, 2.05) is 34.6 Å². The average Bonchev–Trinajstić information content (AvgIpc) is 2.13. The fourth-order valence-corrected chi connectivity index (χ4v) is 1.27. The molecule has 4 N–H and O–H groups in total. The van der Waals surface area contributed by atoms with Gasteiger partial charge in [-0.25, -0.2) is 0 Å². The van der Waals surface area contributed by atoms with Gasteiger partial charge in [0.2, 0.25) is 5.79 Å². The van der Waals surface area contributed by atoms with Crippen molar-refractivity contribution >= 4 is 11.8 Å². The molecule has 0 aliphatic carbocycles. The van der Waals surface area contributed by atoms with Gasteiger partial charge in [-0.3, -0.25) is 10.2 Å². The molecule has 0 rings (SSSR count). The SMILES string of the molecule is CC(=O)O.CCC(OC(C)C)(OC(C)C)C(=N)N. The van der Waals surface area contributed by atoms with Gasteiger partial charge in [-0.2, -0.15) is 0 Å². The van der Waals surface area contributed by atoms with E-state index in [9.17, 15) is 0 Å². The zero-order valence-corrected chi connectivity index (χ0v) is 12.1. The summed E-state index contributed by atoms with van der Waals surface area (Å²) in [6.07, 6.45) is 0.508. The Hall–Kier alpha value is -1.14. The van der Waals surface area contributed by atoms with Gasteiger partial charge in [0.05, 0.1) is 12.2 Å². The zero-order chi connectivity index (χ0) is 14.9. The van der Waals surface area contributed by atoms with Gasteiger partial charge >= 0.3 is 0 Å². The molecule has 6 nitrogen and oxygen atoms in total. The molecule has 6 heteroatoms. The molecule has 0 saturated heterocycles. The molecule has 0 unspecified atom stereocenters. The third-order valence-electron chi connectivity index (χ3n) is 1.73. The van der Waals surface area contributed by atoms with Crippen molar-refractivity contribution in [1.82, 2.24) is 0 Å². The second kappa shape index (κ2) is 8.88. The Morgan fingerprint density at radius 2 is 1.56 bits per heavy atom.